The first kappa shape index (κ1) is 12.6. The molecule has 0 spiro atoms. The zero-order chi connectivity index (χ0) is 12.8. The fourth-order valence-corrected chi connectivity index (χ4v) is 1.97. The van der Waals surface area contributed by atoms with E-state index in [-0.39, 0.29) is 5.91 Å². The van der Waals surface area contributed by atoms with Gasteiger partial charge in [-0.1, -0.05) is 18.2 Å². The molecule has 0 saturated heterocycles. The minimum atomic E-state index is -0.0774. The average molecular weight is 259 g/mol. The third-order valence-corrected chi connectivity index (χ3v) is 3.12. The van der Waals surface area contributed by atoms with Gasteiger partial charge in [0.15, 0.2) is 5.82 Å². The normalized spacial score (nSPS) is 10.2. The Hall–Kier alpha value is -1.88. The van der Waals surface area contributed by atoms with Crippen LogP contribution in [0.25, 0.3) is 11.0 Å². The summed E-state index contributed by atoms with van der Waals surface area (Å²) in [6.07, 6.45) is 3.34. The van der Waals surface area contributed by atoms with Crippen molar-refractivity contribution in [2.45, 2.75) is 0 Å². The van der Waals surface area contributed by atoms with Gasteiger partial charge in [-0.15, -0.1) is 18.3 Å². The molecule has 0 atom stereocenters. The molecule has 5 heteroatoms. The molecule has 1 N–H and O–H groups in total. The Labute approximate surface area is 110 Å². The molecule has 2 aromatic rings. The number of hydrogen-bond acceptors (Lipinski definition) is 4. The van der Waals surface area contributed by atoms with Gasteiger partial charge in [0.2, 0.25) is 5.91 Å². The predicted molar refractivity (Wildman–Crippen MR) is 75.7 cm³/mol. The molecule has 4 nitrogen and oxygen atoms in total. The largest absolute Gasteiger partial charge is 0.309 e. The minimum Gasteiger partial charge on any atom is -0.309 e. The van der Waals surface area contributed by atoms with Crippen molar-refractivity contribution in [1.82, 2.24) is 9.97 Å². The van der Waals surface area contributed by atoms with Crippen LogP contribution < -0.4 is 5.32 Å². The fourth-order valence-electron chi connectivity index (χ4n) is 1.43. The molecule has 0 radical (unpaired) electrons. The van der Waals surface area contributed by atoms with Crippen LogP contribution in [0.3, 0.4) is 0 Å². The Balaban J connectivity index is 2.03. The van der Waals surface area contributed by atoms with Gasteiger partial charge >= 0.3 is 0 Å². The number of hydrogen-bond donors (Lipinski definition) is 1. The number of nitrogens with zero attached hydrogens (tertiary/aromatic N) is 2. The third-order valence-electron chi connectivity index (χ3n) is 2.18. The second-order valence-corrected chi connectivity index (χ2v) is 4.63. The average Bonchev–Trinajstić information content (AvgIpc) is 2.39. The van der Waals surface area contributed by atoms with Gasteiger partial charge in [-0.2, -0.15) is 0 Å². The Morgan fingerprint density at radius 2 is 2.17 bits per heavy atom. The van der Waals surface area contributed by atoms with Crippen LogP contribution in [0.1, 0.15) is 0 Å². The van der Waals surface area contributed by atoms with E-state index in [1.165, 1.54) is 11.8 Å². The van der Waals surface area contributed by atoms with Crippen molar-refractivity contribution in [2.75, 3.05) is 16.8 Å². The van der Waals surface area contributed by atoms with E-state index in [0.717, 1.165) is 16.8 Å². The molecule has 1 amide bonds. The zero-order valence-electron chi connectivity index (χ0n) is 9.80. The maximum Gasteiger partial charge on any atom is 0.235 e. The van der Waals surface area contributed by atoms with Gasteiger partial charge in [0, 0.05) is 5.75 Å². The summed E-state index contributed by atoms with van der Waals surface area (Å²) < 4.78 is 0. The van der Waals surface area contributed by atoms with Crippen LogP contribution in [0.2, 0.25) is 0 Å². The van der Waals surface area contributed by atoms with E-state index in [1.54, 1.807) is 12.3 Å². The smallest absolute Gasteiger partial charge is 0.235 e. The minimum absolute atomic E-state index is 0.0774. The highest BCUT2D eigenvalue weighted by Crippen LogP contribution is 2.11. The van der Waals surface area contributed by atoms with Crippen LogP contribution in [0, 0.1) is 0 Å². The zero-order valence-corrected chi connectivity index (χ0v) is 10.6. The lowest BCUT2D eigenvalue weighted by Gasteiger charge is -2.04. The molecule has 0 unspecified atom stereocenters. The Morgan fingerprint density at radius 1 is 1.39 bits per heavy atom. The van der Waals surface area contributed by atoms with Crippen LogP contribution >= 0.6 is 11.8 Å². The Bertz CT molecular complexity index is 571. The van der Waals surface area contributed by atoms with Crippen LogP contribution in [0.4, 0.5) is 5.82 Å². The fraction of sp³-hybridized carbons (Fsp3) is 0.154. The number of para-hydroxylation sites is 2. The van der Waals surface area contributed by atoms with Crippen molar-refractivity contribution in [3.05, 3.63) is 43.1 Å². The van der Waals surface area contributed by atoms with Crippen LogP contribution in [0.15, 0.2) is 43.1 Å². The lowest BCUT2D eigenvalue weighted by Crippen LogP contribution is -2.15. The lowest BCUT2D eigenvalue weighted by atomic mass is 10.3. The standard InChI is InChI=1S/C13H13N3OS/c1-2-7-18-9-13(17)16-12-8-14-10-5-3-4-6-11(10)15-12/h2-6,8H,1,7,9H2,(H,15,16,17). The molecule has 18 heavy (non-hydrogen) atoms. The van der Waals surface area contributed by atoms with E-state index in [1.807, 2.05) is 24.3 Å². The SMILES string of the molecule is C=CCSCC(=O)Nc1cnc2ccccc2n1. The number of thioether (sulfide) groups is 1. The van der Waals surface area contributed by atoms with Gasteiger partial charge < -0.3 is 5.32 Å². The molecule has 0 aliphatic rings. The number of carbonyl (C=O) groups is 1. The number of benzene rings is 1. The molecule has 2 rings (SSSR count). The molecular weight excluding hydrogens is 246 g/mol. The molecule has 0 aliphatic heterocycles. The summed E-state index contributed by atoms with van der Waals surface area (Å²) in [5.41, 5.74) is 1.59. The van der Waals surface area contributed by atoms with Crippen molar-refractivity contribution >= 4 is 34.5 Å². The summed E-state index contributed by atoms with van der Waals surface area (Å²) in [5.74, 6) is 1.56. The van der Waals surface area contributed by atoms with Crippen molar-refractivity contribution in [3.63, 3.8) is 0 Å². The number of rotatable bonds is 5. The molecule has 0 saturated carbocycles. The second kappa shape index (κ2) is 6.16. The van der Waals surface area contributed by atoms with E-state index in [9.17, 15) is 4.79 Å². The number of fused-ring (bicyclic) bond motifs is 1. The summed E-state index contributed by atoms with van der Waals surface area (Å²) in [6.45, 7) is 3.60. The topological polar surface area (TPSA) is 54.9 Å². The van der Waals surface area contributed by atoms with E-state index >= 15 is 0 Å². The van der Waals surface area contributed by atoms with E-state index in [4.69, 9.17) is 0 Å². The molecule has 0 bridgehead atoms. The van der Waals surface area contributed by atoms with Gasteiger partial charge in [-0.3, -0.25) is 9.78 Å². The third kappa shape index (κ3) is 3.30. The van der Waals surface area contributed by atoms with Crippen molar-refractivity contribution in [3.8, 4) is 0 Å². The van der Waals surface area contributed by atoms with E-state index in [2.05, 4.69) is 21.9 Å². The van der Waals surface area contributed by atoms with Crippen LogP contribution in [-0.2, 0) is 4.79 Å². The summed E-state index contributed by atoms with van der Waals surface area (Å²) in [6, 6.07) is 7.54. The quantitative estimate of drug-likeness (QED) is 0.662. The Kier molecular flexibility index (Phi) is 4.30. The summed E-state index contributed by atoms with van der Waals surface area (Å²) in [7, 11) is 0. The molecule has 92 valence electrons. The first-order valence-electron chi connectivity index (χ1n) is 5.50. The van der Waals surface area contributed by atoms with Gasteiger partial charge in [0.1, 0.15) is 0 Å². The first-order chi connectivity index (χ1) is 8.79. The highest BCUT2D eigenvalue weighted by molar-refractivity contribution is 8.00. The summed E-state index contributed by atoms with van der Waals surface area (Å²) >= 11 is 1.51. The summed E-state index contributed by atoms with van der Waals surface area (Å²) in [4.78, 5) is 20.1. The van der Waals surface area contributed by atoms with E-state index < -0.39 is 0 Å². The van der Waals surface area contributed by atoms with Gasteiger partial charge in [0.05, 0.1) is 23.0 Å². The van der Waals surface area contributed by atoms with Crippen molar-refractivity contribution in [2.24, 2.45) is 0 Å². The van der Waals surface area contributed by atoms with Crippen LogP contribution in [0.5, 0.6) is 0 Å². The predicted octanol–water partition coefficient (Wildman–Crippen LogP) is 2.49. The Morgan fingerprint density at radius 3 is 2.94 bits per heavy atom. The maximum absolute atomic E-state index is 11.6. The van der Waals surface area contributed by atoms with Crippen LogP contribution in [-0.4, -0.2) is 27.4 Å². The number of anilines is 1. The number of nitrogens with one attached hydrogen (secondary N) is 1. The van der Waals surface area contributed by atoms with Crippen molar-refractivity contribution < 1.29 is 4.79 Å². The first-order valence-corrected chi connectivity index (χ1v) is 6.65. The molecule has 0 aliphatic carbocycles. The van der Waals surface area contributed by atoms with E-state index in [0.29, 0.717) is 11.6 Å². The molecule has 1 aromatic heterocycles. The second-order valence-electron chi connectivity index (χ2n) is 3.60. The number of carbonyl (C=O) groups excluding carboxylic acids is 1. The molecule has 1 aromatic carbocycles. The summed E-state index contributed by atoms with van der Waals surface area (Å²) in [5, 5.41) is 2.73. The maximum atomic E-state index is 11.6. The van der Waals surface area contributed by atoms with Crippen molar-refractivity contribution in [1.29, 1.82) is 0 Å². The number of aromatic nitrogens is 2. The molecule has 1 heterocycles. The van der Waals surface area contributed by atoms with Gasteiger partial charge in [-0.25, -0.2) is 4.98 Å². The van der Waals surface area contributed by atoms with Gasteiger partial charge in [0.25, 0.3) is 0 Å². The number of amides is 1. The molecular formula is C13H13N3OS. The highest BCUT2D eigenvalue weighted by atomic mass is 32.2. The molecule has 0 fully saturated rings. The lowest BCUT2D eigenvalue weighted by molar-refractivity contribution is -0.113. The highest BCUT2D eigenvalue weighted by Gasteiger charge is 2.04. The van der Waals surface area contributed by atoms with Gasteiger partial charge in [-0.05, 0) is 12.1 Å². The monoisotopic (exact) mass is 259 g/mol.